The van der Waals surface area contributed by atoms with Crippen molar-refractivity contribution in [2.45, 2.75) is 39.2 Å². The topological polar surface area (TPSA) is 49.4 Å². The fourth-order valence-electron chi connectivity index (χ4n) is 3.48. The zero-order valence-corrected chi connectivity index (χ0v) is 16.4. The van der Waals surface area contributed by atoms with E-state index in [9.17, 15) is 14.0 Å². The van der Waals surface area contributed by atoms with E-state index < -0.39 is 0 Å². The van der Waals surface area contributed by atoms with Crippen molar-refractivity contribution >= 4 is 23.2 Å². The molecule has 1 fully saturated rings. The van der Waals surface area contributed by atoms with Crippen molar-refractivity contribution in [1.82, 2.24) is 10.2 Å². The largest absolute Gasteiger partial charge is 0.352 e. The quantitative estimate of drug-likeness (QED) is 0.808. The summed E-state index contributed by atoms with van der Waals surface area (Å²) in [4.78, 5) is 27.5. The highest BCUT2D eigenvalue weighted by Gasteiger charge is 2.26. The molecule has 0 aliphatic carbocycles. The third-order valence-electron chi connectivity index (χ3n) is 5.08. The Hall–Kier alpha value is -2.21. The summed E-state index contributed by atoms with van der Waals surface area (Å²) < 4.78 is 13.6. The summed E-state index contributed by atoms with van der Waals surface area (Å²) >= 11 is 1.49. The van der Waals surface area contributed by atoms with Crippen molar-refractivity contribution < 1.29 is 14.0 Å². The number of piperidine rings is 1. The molecule has 0 bridgehead atoms. The third kappa shape index (κ3) is 5.16. The molecule has 1 atom stereocenters. The van der Waals surface area contributed by atoms with Crippen LogP contribution < -0.4 is 5.32 Å². The molecule has 1 saturated heterocycles. The molecule has 1 aromatic heterocycles. The Kier molecular flexibility index (Phi) is 6.61. The van der Waals surface area contributed by atoms with Gasteiger partial charge in [0.1, 0.15) is 5.82 Å². The van der Waals surface area contributed by atoms with Gasteiger partial charge < -0.3 is 10.2 Å². The number of halogens is 1. The number of carbonyl (C=O) groups excluding carboxylic acids is 2. The van der Waals surface area contributed by atoms with E-state index in [1.807, 2.05) is 23.3 Å². The van der Waals surface area contributed by atoms with Gasteiger partial charge in [0.2, 0.25) is 5.91 Å². The molecule has 0 radical (unpaired) electrons. The maximum absolute atomic E-state index is 13.6. The lowest BCUT2D eigenvalue weighted by molar-refractivity contribution is -0.121. The normalized spacial score (nSPS) is 17.0. The van der Waals surface area contributed by atoms with Crippen LogP contribution in [0.3, 0.4) is 0 Å². The first-order valence-corrected chi connectivity index (χ1v) is 10.3. The summed E-state index contributed by atoms with van der Waals surface area (Å²) in [5, 5.41) is 4.73. The molecule has 3 rings (SSSR count). The molecule has 2 amide bonds. The molecule has 144 valence electrons. The Labute approximate surface area is 163 Å². The number of nitrogens with one attached hydrogen (secondary N) is 1. The Balaban J connectivity index is 1.45. The number of hydrogen-bond donors (Lipinski definition) is 1. The molecule has 0 spiro atoms. The van der Waals surface area contributed by atoms with Crippen LogP contribution in [0.25, 0.3) is 0 Å². The average molecular weight is 389 g/mol. The summed E-state index contributed by atoms with van der Waals surface area (Å²) in [6.07, 6.45) is 3.15. The van der Waals surface area contributed by atoms with Gasteiger partial charge in [-0.05, 0) is 55.2 Å². The molecule has 0 saturated carbocycles. The van der Waals surface area contributed by atoms with Crippen LogP contribution in [-0.2, 0) is 11.3 Å². The molecule has 27 heavy (non-hydrogen) atoms. The Morgan fingerprint density at radius 1 is 1.30 bits per heavy atom. The number of aryl methyl sites for hydroxylation is 1. The monoisotopic (exact) mass is 388 g/mol. The second-order valence-corrected chi connectivity index (χ2v) is 8.02. The molecule has 1 aliphatic heterocycles. The van der Waals surface area contributed by atoms with Crippen LogP contribution in [0.1, 0.15) is 46.5 Å². The number of nitrogens with zero attached hydrogens (tertiary/aromatic N) is 1. The van der Waals surface area contributed by atoms with Crippen molar-refractivity contribution in [3.8, 4) is 0 Å². The molecule has 4 nitrogen and oxygen atoms in total. The summed E-state index contributed by atoms with van der Waals surface area (Å²) in [5.74, 6) is 0.0669. The number of benzene rings is 1. The highest BCUT2D eigenvalue weighted by Crippen LogP contribution is 2.25. The summed E-state index contributed by atoms with van der Waals surface area (Å²) in [6.45, 7) is 3.66. The molecule has 2 heterocycles. The van der Waals surface area contributed by atoms with E-state index >= 15 is 0 Å². The SMILES string of the molecule is Cc1ccsc1C(=O)N1CCC[C@H](CCC(=O)NCc2ccccc2F)C1. The highest BCUT2D eigenvalue weighted by molar-refractivity contribution is 7.12. The molecule has 1 N–H and O–H groups in total. The van der Waals surface area contributed by atoms with E-state index in [0.717, 1.165) is 36.2 Å². The number of carbonyl (C=O) groups is 2. The highest BCUT2D eigenvalue weighted by atomic mass is 32.1. The fraction of sp³-hybridized carbons (Fsp3) is 0.429. The van der Waals surface area contributed by atoms with Gasteiger partial charge in [0.25, 0.3) is 5.91 Å². The van der Waals surface area contributed by atoms with Crippen LogP contribution in [-0.4, -0.2) is 29.8 Å². The minimum atomic E-state index is -0.303. The van der Waals surface area contributed by atoms with Crippen LogP contribution in [0.4, 0.5) is 4.39 Å². The molecule has 6 heteroatoms. The van der Waals surface area contributed by atoms with Gasteiger partial charge in [-0.2, -0.15) is 0 Å². The standard InChI is InChI=1S/C21H25FN2O2S/c1-15-10-12-27-20(15)21(26)24-11-4-5-16(14-24)8-9-19(25)23-13-17-6-2-3-7-18(17)22/h2-3,6-7,10,12,16H,4-5,8-9,11,13-14H2,1H3,(H,23,25)/t16-/m1/s1. The first-order valence-electron chi connectivity index (χ1n) is 9.38. The zero-order chi connectivity index (χ0) is 19.2. The Morgan fingerprint density at radius 2 is 2.11 bits per heavy atom. The molecule has 1 aliphatic rings. The lowest BCUT2D eigenvalue weighted by atomic mass is 9.93. The Morgan fingerprint density at radius 3 is 2.85 bits per heavy atom. The van der Waals surface area contributed by atoms with Gasteiger partial charge in [0.15, 0.2) is 0 Å². The van der Waals surface area contributed by atoms with Crippen LogP contribution in [0.15, 0.2) is 35.7 Å². The first kappa shape index (κ1) is 19.5. The van der Waals surface area contributed by atoms with Gasteiger partial charge in [-0.25, -0.2) is 4.39 Å². The van der Waals surface area contributed by atoms with Gasteiger partial charge in [0.05, 0.1) is 4.88 Å². The van der Waals surface area contributed by atoms with E-state index in [4.69, 9.17) is 0 Å². The maximum Gasteiger partial charge on any atom is 0.264 e. The van der Waals surface area contributed by atoms with Crippen LogP contribution in [0.2, 0.25) is 0 Å². The second kappa shape index (κ2) is 9.13. The van der Waals surface area contributed by atoms with E-state index in [2.05, 4.69) is 5.32 Å². The molecular weight excluding hydrogens is 363 g/mol. The van der Waals surface area contributed by atoms with Crippen LogP contribution in [0.5, 0.6) is 0 Å². The lowest BCUT2D eigenvalue weighted by Crippen LogP contribution is -2.40. The zero-order valence-electron chi connectivity index (χ0n) is 15.5. The predicted molar refractivity (Wildman–Crippen MR) is 105 cm³/mol. The maximum atomic E-state index is 13.6. The lowest BCUT2D eigenvalue weighted by Gasteiger charge is -2.32. The smallest absolute Gasteiger partial charge is 0.264 e. The number of thiophene rings is 1. The fourth-order valence-corrected chi connectivity index (χ4v) is 4.37. The van der Waals surface area contributed by atoms with Gasteiger partial charge >= 0.3 is 0 Å². The number of likely N-dealkylation sites (tertiary alicyclic amines) is 1. The van der Waals surface area contributed by atoms with Gasteiger partial charge in [0, 0.05) is 31.6 Å². The minimum absolute atomic E-state index is 0.0733. The average Bonchev–Trinajstić information content (AvgIpc) is 3.11. The molecular formula is C21H25FN2O2S. The number of rotatable bonds is 6. The molecule has 0 unspecified atom stereocenters. The first-order chi connectivity index (χ1) is 13.0. The molecule has 1 aromatic carbocycles. The van der Waals surface area contributed by atoms with Crippen molar-refractivity contribution in [2.24, 2.45) is 5.92 Å². The number of hydrogen-bond acceptors (Lipinski definition) is 3. The van der Waals surface area contributed by atoms with Crippen molar-refractivity contribution in [2.75, 3.05) is 13.1 Å². The molecule has 2 aromatic rings. The van der Waals surface area contributed by atoms with E-state index in [0.29, 0.717) is 24.4 Å². The summed E-state index contributed by atoms with van der Waals surface area (Å²) in [6, 6.07) is 8.43. The van der Waals surface area contributed by atoms with Crippen LogP contribution in [0, 0.1) is 18.7 Å². The number of amides is 2. The summed E-state index contributed by atoms with van der Waals surface area (Å²) in [7, 11) is 0. The Bertz CT molecular complexity index is 805. The van der Waals surface area contributed by atoms with E-state index in [-0.39, 0.29) is 24.2 Å². The second-order valence-electron chi connectivity index (χ2n) is 7.10. The van der Waals surface area contributed by atoms with E-state index in [1.165, 1.54) is 17.4 Å². The third-order valence-corrected chi connectivity index (χ3v) is 6.08. The van der Waals surface area contributed by atoms with Gasteiger partial charge in [-0.1, -0.05) is 18.2 Å². The van der Waals surface area contributed by atoms with Crippen molar-refractivity contribution in [1.29, 1.82) is 0 Å². The van der Waals surface area contributed by atoms with E-state index in [1.54, 1.807) is 18.2 Å². The van der Waals surface area contributed by atoms with Crippen LogP contribution >= 0.6 is 11.3 Å². The summed E-state index contributed by atoms with van der Waals surface area (Å²) in [5.41, 5.74) is 1.52. The van der Waals surface area contributed by atoms with Crippen molar-refractivity contribution in [3.05, 3.63) is 57.5 Å². The van der Waals surface area contributed by atoms with Gasteiger partial charge in [-0.15, -0.1) is 11.3 Å². The minimum Gasteiger partial charge on any atom is -0.352 e. The predicted octanol–water partition coefficient (Wildman–Crippen LogP) is 4.14. The van der Waals surface area contributed by atoms with Gasteiger partial charge in [-0.3, -0.25) is 9.59 Å². The van der Waals surface area contributed by atoms with Crippen molar-refractivity contribution in [3.63, 3.8) is 0 Å².